The van der Waals surface area contributed by atoms with Crippen molar-refractivity contribution in [2.45, 2.75) is 6.04 Å². The summed E-state index contributed by atoms with van der Waals surface area (Å²) in [5.74, 6) is -1.19. The standard InChI is InChI=1S/C22H16Cl2N6O3/c23-15-5-1-12(2-6-15)18(13-3-7-16(24)8-4-13)28-19-17(9-25)27-22(29-20(19)31)30-11-14(10-26-30)21(32)33/h1-11,18,25,28H,(H,32,33)(H,27,29,31). The molecule has 0 saturated carbocycles. The summed E-state index contributed by atoms with van der Waals surface area (Å²) in [6, 6.07) is 13.8. The number of carboxylic acid groups (broad SMARTS) is 1. The summed E-state index contributed by atoms with van der Waals surface area (Å²) in [6.45, 7) is 0. The molecule has 11 heteroatoms. The van der Waals surface area contributed by atoms with Gasteiger partial charge in [0.2, 0.25) is 5.95 Å². The van der Waals surface area contributed by atoms with Gasteiger partial charge < -0.3 is 15.8 Å². The van der Waals surface area contributed by atoms with Crippen LogP contribution in [-0.4, -0.2) is 37.0 Å². The van der Waals surface area contributed by atoms with Gasteiger partial charge in [-0.05, 0) is 35.4 Å². The summed E-state index contributed by atoms with van der Waals surface area (Å²) in [7, 11) is 0. The Kier molecular flexibility index (Phi) is 6.25. The molecule has 0 aliphatic rings. The van der Waals surface area contributed by atoms with Gasteiger partial charge in [-0.25, -0.2) is 14.5 Å². The quantitative estimate of drug-likeness (QED) is 0.292. The minimum absolute atomic E-state index is 0.0221. The minimum atomic E-state index is -1.16. The Morgan fingerprint density at radius 2 is 1.67 bits per heavy atom. The molecule has 4 rings (SSSR count). The molecule has 0 saturated heterocycles. The Bertz CT molecular complexity index is 1340. The fraction of sp³-hybridized carbons (Fsp3) is 0.0455. The van der Waals surface area contributed by atoms with E-state index in [2.05, 4.69) is 20.4 Å². The molecular weight excluding hydrogens is 467 g/mol. The molecule has 0 bridgehead atoms. The van der Waals surface area contributed by atoms with Crippen molar-refractivity contribution in [3.8, 4) is 5.95 Å². The van der Waals surface area contributed by atoms with Crippen LogP contribution in [0.15, 0.2) is 65.7 Å². The van der Waals surface area contributed by atoms with Crippen LogP contribution in [0.2, 0.25) is 10.0 Å². The SMILES string of the molecule is N=Cc1nc(-n2cc(C(=O)O)cn2)[nH]c(=O)c1NC(c1ccc(Cl)cc1)c1ccc(Cl)cc1. The number of nitrogens with zero attached hydrogens (tertiary/aromatic N) is 3. The molecule has 0 aliphatic heterocycles. The summed E-state index contributed by atoms with van der Waals surface area (Å²) in [6.07, 6.45) is 3.28. The molecule has 4 N–H and O–H groups in total. The maximum atomic E-state index is 13.0. The van der Waals surface area contributed by atoms with Crippen LogP contribution in [0.4, 0.5) is 5.69 Å². The lowest BCUT2D eigenvalue weighted by atomic mass is 9.98. The van der Waals surface area contributed by atoms with E-state index in [1.54, 1.807) is 24.3 Å². The van der Waals surface area contributed by atoms with Crippen LogP contribution >= 0.6 is 23.2 Å². The number of hydrogen-bond acceptors (Lipinski definition) is 6. The molecule has 0 aliphatic carbocycles. The van der Waals surface area contributed by atoms with E-state index in [0.717, 1.165) is 28.2 Å². The molecule has 166 valence electrons. The van der Waals surface area contributed by atoms with Gasteiger partial charge in [0.1, 0.15) is 11.4 Å². The molecule has 0 amide bonds. The van der Waals surface area contributed by atoms with E-state index < -0.39 is 17.6 Å². The highest BCUT2D eigenvalue weighted by atomic mass is 35.5. The molecule has 4 aromatic rings. The van der Waals surface area contributed by atoms with Crippen molar-refractivity contribution in [2.75, 3.05) is 5.32 Å². The predicted molar refractivity (Wildman–Crippen MR) is 125 cm³/mol. The number of rotatable bonds is 7. The van der Waals surface area contributed by atoms with Gasteiger partial charge in [0.15, 0.2) is 0 Å². The maximum absolute atomic E-state index is 13.0. The Labute approximate surface area is 197 Å². The molecule has 33 heavy (non-hydrogen) atoms. The van der Waals surface area contributed by atoms with Gasteiger partial charge in [0.05, 0.1) is 17.8 Å². The molecule has 0 radical (unpaired) electrons. The first-order valence-corrected chi connectivity index (χ1v) is 10.3. The van der Waals surface area contributed by atoms with E-state index >= 15 is 0 Å². The zero-order valence-electron chi connectivity index (χ0n) is 16.8. The number of H-pyrrole nitrogens is 1. The lowest BCUT2D eigenvalue weighted by Crippen LogP contribution is -2.24. The van der Waals surface area contributed by atoms with Crippen molar-refractivity contribution in [1.82, 2.24) is 19.7 Å². The number of aromatic nitrogens is 4. The largest absolute Gasteiger partial charge is 0.478 e. The second kappa shape index (κ2) is 9.27. The number of aromatic carboxylic acids is 1. The van der Waals surface area contributed by atoms with E-state index in [-0.39, 0.29) is 22.9 Å². The lowest BCUT2D eigenvalue weighted by molar-refractivity contribution is 0.0697. The van der Waals surface area contributed by atoms with Crippen molar-refractivity contribution in [3.05, 3.63) is 104 Å². The van der Waals surface area contributed by atoms with Gasteiger partial charge in [0, 0.05) is 22.5 Å². The van der Waals surface area contributed by atoms with E-state index in [1.165, 1.54) is 6.20 Å². The highest BCUT2D eigenvalue weighted by Crippen LogP contribution is 2.28. The smallest absolute Gasteiger partial charge is 0.338 e. The molecular formula is C22H16Cl2N6O3. The number of hydrogen-bond donors (Lipinski definition) is 4. The van der Waals surface area contributed by atoms with Crippen molar-refractivity contribution in [1.29, 1.82) is 5.41 Å². The van der Waals surface area contributed by atoms with Crippen LogP contribution < -0.4 is 10.9 Å². The summed E-state index contributed by atoms with van der Waals surface area (Å²) in [5.41, 5.74) is 1.13. The van der Waals surface area contributed by atoms with Gasteiger partial charge in [-0.3, -0.25) is 9.78 Å². The molecule has 2 aromatic heterocycles. The van der Waals surface area contributed by atoms with Crippen molar-refractivity contribution in [3.63, 3.8) is 0 Å². The highest BCUT2D eigenvalue weighted by molar-refractivity contribution is 6.30. The third-order valence-electron chi connectivity index (χ3n) is 4.81. The molecule has 2 heterocycles. The van der Waals surface area contributed by atoms with Crippen molar-refractivity contribution >= 4 is 41.1 Å². The summed E-state index contributed by atoms with van der Waals surface area (Å²) >= 11 is 12.1. The number of carbonyl (C=O) groups is 1. The molecule has 0 unspecified atom stereocenters. The maximum Gasteiger partial charge on any atom is 0.338 e. The topological polar surface area (TPSA) is 137 Å². The van der Waals surface area contributed by atoms with Gasteiger partial charge in [-0.1, -0.05) is 47.5 Å². The minimum Gasteiger partial charge on any atom is -0.478 e. The van der Waals surface area contributed by atoms with E-state index in [0.29, 0.717) is 10.0 Å². The molecule has 0 atom stereocenters. The normalized spacial score (nSPS) is 10.9. The fourth-order valence-electron chi connectivity index (χ4n) is 3.19. The number of nitrogens with one attached hydrogen (secondary N) is 3. The summed E-state index contributed by atoms with van der Waals surface area (Å²) < 4.78 is 1.12. The van der Waals surface area contributed by atoms with E-state index in [1.807, 2.05) is 24.3 Å². The monoisotopic (exact) mass is 482 g/mol. The van der Waals surface area contributed by atoms with Crippen LogP contribution in [0, 0.1) is 5.41 Å². The molecule has 0 spiro atoms. The molecule has 9 nitrogen and oxygen atoms in total. The lowest BCUT2D eigenvalue weighted by Gasteiger charge is -2.22. The Morgan fingerprint density at radius 3 is 2.15 bits per heavy atom. The average Bonchev–Trinajstić information content (AvgIpc) is 3.30. The third-order valence-corrected chi connectivity index (χ3v) is 5.32. The first kappa shape index (κ1) is 22.3. The van der Waals surface area contributed by atoms with Crippen molar-refractivity contribution < 1.29 is 9.90 Å². The van der Waals surface area contributed by atoms with Crippen LogP contribution in [0.1, 0.15) is 33.2 Å². The first-order chi connectivity index (χ1) is 15.9. The van der Waals surface area contributed by atoms with Crippen molar-refractivity contribution in [2.24, 2.45) is 0 Å². The van der Waals surface area contributed by atoms with Crippen LogP contribution in [-0.2, 0) is 0 Å². The van der Waals surface area contributed by atoms with Crippen LogP contribution in [0.25, 0.3) is 5.95 Å². The van der Waals surface area contributed by atoms with Crippen LogP contribution in [0.3, 0.4) is 0 Å². The number of carboxylic acids is 1. The zero-order chi connectivity index (χ0) is 23.5. The number of halogens is 2. The Balaban J connectivity index is 1.77. The second-order valence-corrected chi connectivity index (χ2v) is 7.83. The van der Waals surface area contributed by atoms with Crippen LogP contribution in [0.5, 0.6) is 0 Å². The second-order valence-electron chi connectivity index (χ2n) is 6.95. The van der Waals surface area contributed by atoms with Gasteiger partial charge >= 0.3 is 5.97 Å². The fourth-order valence-corrected chi connectivity index (χ4v) is 3.45. The van der Waals surface area contributed by atoms with Gasteiger partial charge in [0.25, 0.3) is 5.56 Å². The van der Waals surface area contributed by atoms with E-state index in [9.17, 15) is 9.59 Å². The predicted octanol–water partition coefficient (Wildman–Crippen LogP) is 4.16. The average molecular weight is 483 g/mol. The Hall–Kier alpha value is -3.95. The number of benzene rings is 2. The zero-order valence-corrected chi connectivity index (χ0v) is 18.3. The number of aromatic amines is 1. The Morgan fingerprint density at radius 1 is 1.09 bits per heavy atom. The van der Waals surface area contributed by atoms with E-state index in [4.69, 9.17) is 33.7 Å². The highest BCUT2D eigenvalue weighted by Gasteiger charge is 2.20. The number of anilines is 1. The van der Waals surface area contributed by atoms with Gasteiger partial charge in [-0.15, -0.1) is 0 Å². The summed E-state index contributed by atoms with van der Waals surface area (Å²) in [4.78, 5) is 30.9. The first-order valence-electron chi connectivity index (χ1n) is 9.56. The summed E-state index contributed by atoms with van der Waals surface area (Å²) in [5, 5.41) is 25.1. The molecule has 0 fully saturated rings. The van der Waals surface area contributed by atoms with Gasteiger partial charge in [-0.2, -0.15) is 5.10 Å². The third kappa shape index (κ3) is 4.79. The molecule has 2 aromatic carbocycles.